The van der Waals surface area contributed by atoms with Crippen LogP contribution in [0.4, 0.5) is 0 Å². The maximum Gasteiger partial charge on any atom is 0.310 e. The van der Waals surface area contributed by atoms with Crippen molar-refractivity contribution in [3.05, 3.63) is 21.4 Å². The van der Waals surface area contributed by atoms with Crippen LogP contribution in [0.15, 0.2) is 6.07 Å². The number of carbonyl (C=O) groups excluding carboxylic acids is 2. The molecule has 0 aromatic carbocycles. The van der Waals surface area contributed by atoms with E-state index in [0.29, 0.717) is 6.54 Å². The number of carbonyl (C=O) groups is 2. The Labute approximate surface area is 130 Å². The molecule has 1 saturated heterocycles. The van der Waals surface area contributed by atoms with Gasteiger partial charge in [0.1, 0.15) is 0 Å². The van der Waals surface area contributed by atoms with Gasteiger partial charge in [0, 0.05) is 18.0 Å². The molecule has 116 valence electrons. The number of thiophene rings is 1. The van der Waals surface area contributed by atoms with Crippen LogP contribution in [0.1, 0.15) is 46.3 Å². The van der Waals surface area contributed by atoms with Crippen LogP contribution >= 0.6 is 11.3 Å². The molecule has 1 amide bonds. The number of piperidine rings is 1. The quantitative estimate of drug-likeness (QED) is 0.803. The van der Waals surface area contributed by atoms with Crippen LogP contribution in [-0.4, -0.2) is 37.0 Å². The smallest absolute Gasteiger partial charge is 0.310 e. The first-order valence-corrected chi connectivity index (χ1v) is 8.34. The molecule has 1 aliphatic heterocycles. The Kier molecular flexibility index (Phi) is 5.39. The molecule has 1 atom stereocenters. The minimum Gasteiger partial charge on any atom is -0.469 e. The van der Waals surface area contributed by atoms with E-state index in [4.69, 9.17) is 4.74 Å². The highest BCUT2D eigenvalue weighted by Crippen LogP contribution is 2.26. The third-order valence-corrected chi connectivity index (χ3v) is 5.07. The SMILES string of the molecule is CCCc1cc(C(=O)N2CCC[C@H](C(=O)OC)C2)sc1C. The van der Waals surface area contributed by atoms with Crippen LogP contribution in [-0.2, 0) is 16.0 Å². The molecule has 5 heteroatoms. The number of likely N-dealkylation sites (tertiary alicyclic amines) is 1. The Morgan fingerprint density at radius 3 is 2.90 bits per heavy atom. The summed E-state index contributed by atoms with van der Waals surface area (Å²) in [6.07, 6.45) is 3.76. The third-order valence-electron chi connectivity index (χ3n) is 3.99. The van der Waals surface area contributed by atoms with Crippen LogP contribution in [0.5, 0.6) is 0 Å². The van der Waals surface area contributed by atoms with Crippen molar-refractivity contribution in [2.75, 3.05) is 20.2 Å². The second kappa shape index (κ2) is 7.07. The normalized spacial score (nSPS) is 18.6. The van der Waals surface area contributed by atoms with Gasteiger partial charge in [0.25, 0.3) is 5.91 Å². The minimum atomic E-state index is -0.207. The second-order valence-electron chi connectivity index (χ2n) is 5.56. The van der Waals surface area contributed by atoms with Crippen LogP contribution in [0.25, 0.3) is 0 Å². The van der Waals surface area contributed by atoms with Gasteiger partial charge in [0.2, 0.25) is 0 Å². The van der Waals surface area contributed by atoms with Gasteiger partial charge in [-0.05, 0) is 37.8 Å². The van der Waals surface area contributed by atoms with Crippen molar-refractivity contribution in [1.82, 2.24) is 4.90 Å². The lowest BCUT2D eigenvalue weighted by atomic mass is 9.98. The Bertz CT molecular complexity index is 524. The zero-order chi connectivity index (χ0) is 15.4. The molecule has 4 nitrogen and oxygen atoms in total. The maximum atomic E-state index is 12.6. The highest BCUT2D eigenvalue weighted by atomic mass is 32.1. The van der Waals surface area contributed by atoms with E-state index in [1.807, 2.05) is 6.07 Å². The van der Waals surface area contributed by atoms with Gasteiger partial charge in [-0.25, -0.2) is 0 Å². The molecule has 0 spiro atoms. The summed E-state index contributed by atoms with van der Waals surface area (Å²) in [5.74, 6) is -0.329. The van der Waals surface area contributed by atoms with Crippen LogP contribution < -0.4 is 0 Å². The third kappa shape index (κ3) is 3.64. The summed E-state index contributed by atoms with van der Waals surface area (Å²) in [5, 5.41) is 0. The maximum absolute atomic E-state index is 12.6. The molecule has 0 bridgehead atoms. The Hall–Kier alpha value is -1.36. The average Bonchev–Trinajstić information content (AvgIpc) is 2.87. The van der Waals surface area contributed by atoms with Crippen molar-refractivity contribution in [3.8, 4) is 0 Å². The Morgan fingerprint density at radius 2 is 2.24 bits per heavy atom. The molecule has 21 heavy (non-hydrogen) atoms. The van der Waals surface area contributed by atoms with E-state index >= 15 is 0 Å². The van der Waals surface area contributed by atoms with Crippen molar-refractivity contribution < 1.29 is 14.3 Å². The lowest BCUT2D eigenvalue weighted by Crippen LogP contribution is -2.42. The number of esters is 1. The van der Waals surface area contributed by atoms with Crippen molar-refractivity contribution in [2.45, 2.75) is 39.5 Å². The Balaban J connectivity index is 2.08. The molecular formula is C16H23NO3S. The number of nitrogens with zero attached hydrogens (tertiary/aromatic N) is 1. The summed E-state index contributed by atoms with van der Waals surface area (Å²) in [4.78, 5) is 28.1. The molecule has 2 rings (SSSR count). The number of hydrogen-bond donors (Lipinski definition) is 0. The topological polar surface area (TPSA) is 46.6 Å². The predicted octanol–water partition coefficient (Wildman–Crippen LogP) is 3.03. The van der Waals surface area contributed by atoms with Gasteiger partial charge in [-0.15, -0.1) is 11.3 Å². The van der Waals surface area contributed by atoms with Gasteiger partial charge >= 0.3 is 5.97 Å². The molecule has 1 aromatic rings. The zero-order valence-electron chi connectivity index (χ0n) is 13.0. The standard InChI is InChI=1S/C16H23NO3S/c1-4-6-12-9-14(21-11(12)2)15(18)17-8-5-7-13(10-17)16(19)20-3/h9,13H,4-8,10H2,1-3H3/t13-/m0/s1. The number of methoxy groups -OCH3 is 1. The van der Waals surface area contributed by atoms with Crippen LogP contribution in [0.2, 0.25) is 0 Å². The first kappa shape index (κ1) is 16.0. The molecule has 0 N–H and O–H groups in total. The van der Waals surface area contributed by atoms with Crippen molar-refractivity contribution >= 4 is 23.2 Å². The highest BCUT2D eigenvalue weighted by molar-refractivity contribution is 7.14. The molecule has 1 aromatic heterocycles. The molecule has 0 unspecified atom stereocenters. The number of aryl methyl sites for hydroxylation is 2. The van der Waals surface area contributed by atoms with Crippen LogP contribution in [0.3, 0.4) is 0 Å². The predicted molar refractivity (Wildman–Crippen MR) is 83.7 cm³/mol. The molecule has 0 saturated carbocycles. The van der Waals surface area contributed by atoms with E-state index in [2.05, 4.69) is 13.8 Å². The lowest BCUT2D eigenvalue weighted by Gasteiger charge is -2.31. The van der Waals surface area contributed by atoms with E-state index < -0.39 is 0 Å². The van der Waals surface area contributed by atoms with Crippen molar-refractivity contribution in [3.63, 3.8) is 0 Å². The fourth-order valence-electron chi connectivity index (χ4n) is 2.82. The summed E-state index contributed by atoms with van der Waals surface area (Å²) in [7, 11) is 1.41. The van der Waals surface area contributed by atoms with Crippen molar-refractivity contribution in [2.24, 2.45) is 5.92 Å². The summed E-state index contributed by atoms with van der Waals surface area (Å²) in [6, 6.07) is 2.02. The Morgan fingerprint density at radius 1 is 1.48 bits per heavy atom. The van der Waals surface area contributed by atoms with E-state index in [0.717, 1.165) is 37.1 Å². The van der Waals surface area contributed by atoms with Crippen molar-refractivity contribution in [1.29, 1.82) is 0 Å². The number of hydrogen-bond acceptors (Lipinski definition) is 4. The molecule has 1 aliphatic rings. The lowest BCUT2D eigenvalue weighted by molar-refractivity contribution is -0.146. The summed E-state index contributed by atoms with van der Waals surface area (Å²) < 4.78 is 4.80. The summed E-state index contributed by atoms with van der Waals surface area (Å²) in [5.41, 5.74) is 1.27. The van der Waals surface area contributed by atoms with Gasteiger partial charge in [-0.1, -0.05) is 13.3 Å². The minimum absolute atomic E-state index is 0.0547. The monoisotopic (exact) mass is 309 g/mol. The highest BCUT2D eigenvalue weighted by Gasteiger charge is 2.30. The van der Waals surface area contributed by atoms with E-state index in [-0.39, 0.29) is 17.8 Å². The average molecular weight is 309 g/mol. The van der Waals surface area contributed by atoms with E-state index in [1.165, 1.54) is 17.6 Å². The first-order valence-electron chi connectivity index (χ1n) is 7.53. The van der Waals surface area contributed by atoms with Gasteiger partial charge in [-0.3, -0.25) is 9.59 Å². The second-order valence-corrected chi connectivity index (χ2v) is 6.81. The number of ether oxygens (including phenoxy) is 1. The fraction of sp³-hybridized carbons (Fsp3) is 0.625. The summed E-state index contributed by atoms with van der Waals surface area (Å²) >= 11 is 1.56. The molecule has 0 aliphatic carbocycles. The molecule has 0 radical (unpaired) electrons. The zero-order valence-corrected chi connectivity index (χ0v) is 13.8. The van der Waals surface area contributed by atoms with E-state index in [1.54, 1.807) is 16.2 Å². The number of amides is 1. The van der Waals surface area contributed by atoms with E-state index in [9.17, 15) is 9.59 Å². The number of rotatable bonds is 4. The van der Waals surface area contributed by atoms with Gasteiger partial charge < -0.3 is 9.64 Å². The van der Waals surface area contributed by atoms with Gasteiger partial charge in [0.05, 0.1) is 17.9 Å². The molecule has 1 fully saturated rings. The van der Waals surface area contributed by atoms with Crippen LogP contribution in [0, 0.1) is 12.8 Å². The fourth-order valence-corrected chi connectivity index (χ4v) is 3.86. The largest absolute Gasteiger partial charge is 0.469 e. The first-order chi connectivity index (χ1) is 10.1. The van der Waals surface area contributed by atoms with Gasteiger partial charge in [0.15, 0.2) is 0 Å². The summed E-state index contributed by atoms with van der Waals surface area (Å²) in [6.45, 7) is 5.42. The molecule has 2 heterocycles. The molecular weight excluding hydrogens is 286 g/mol. The van der Waals surface area contributed by atoms with Gasteiger partial charge in [-0.2, -0.15) is 0 Å².